The van der Waals surface area contributed by atoms with Gasteiger partial charge in [-0.15, -0.1) is 0 Å². The Bertz CT molecular complexity index is 1830. The predicted molar refractivity (Wildman–Crippen MR) is 380 cm³/mol. The Hall–Kier alpha value is -4.48. The van der Waals surface area contributed by atoms with Crippen molar-refractivity contribution in [3.05, 3.63) is 158 Å². The third-order valence-electron chi connectivity index (χ3n) is 15.3. The number of aliphatic hydroxyl groups is 1. The van der Waals surface area contributed by atoms with Crippen molar-refractivity contribution in [2.24, 2.45) is 0 Å². The highest BCUT2D eigenvalue weighted by molar-refractivity contribution is 5.70. The van der Waals surface area contributed by atoms with Crippen LogP contribution in [0.2, 0.25) is 0 Å². The van der Waals surface area contributed by atoms with E-state index in [0.717, 1.165) is 122 Å². The van der Waals surface area contributed by atoms with Crippen molar-refractivity contribution in [2.75, 3.05) is 13.2 Å². The monoisotopic (exact) mass is 1190 g/mol. The van der Waals surface area contributed by atoms with Crippen LogP contribution in [-0.2, 0) is 19.1 Å². The molecule has 0 aromatic carbocycles. The molecule has 0 radical (unpaired) electrons. The van der Waals surface area contributed by atoms with Crippen molar-refractivity contribution in [1.29, 1.82) is 0 Å². The lowest BCUT2D eigenvalue weighted by molar-refractivity contribution is -0.161. The molecule has 1 N–H and O–H groups in total. The first kappa shape index (κ1) is 81.5. The molecular weight excluding hydrogens is 1050 g/mol. The van der Waals surface area contributed by atoms with Gasteiger partial charge in [0, 0.05) is 12.8 Å². The number of hydrogen-bond acceptors (Lipinski definition) is 5. The van der Waals surface area contributed by atoms with E-state index in [2.05, 4.69) is 172 Å². The minimum absolute atomic E-state index is 0.0715. The largest absolute Gasteiger partial charge is 0.462 e. The minimum Gasteiger partial charge on any atom is -0.462 e. The highest BCUT2D eigenvalue weighted by Gasteiger charge is 2.16. The zero-order valence-electron chi connectivity index (χ0n) is 56.0. The maximum Gasteiger partial charge on any atom is 0.306 e. The van der Waals surface area contributed by atoms with E-state index in [1.54, 1.807) is 0 Å². The van der Waals surface area contributed by atoms with Gasteiger partial charge in [0.05, 0.1) is 6.61 Å². The summed E-state index contributed by atoms with van der Waals surface area (Å²) in [6.07, 6.45) is 114. The molecule has 0 aliphatic carbocycles. The number of rotatable bonds is 65. The fourth-order valence-corrected chi connectivity index (χ4v) is 10.0. The van der Waals surface area contributed by atoms with Crippen LogP contribution >= 0.6 is 0 Å². The molecule has 1 unspecified atom stereocenters. The molecule has 0 spiro atoms. The van der Waals surface area contributed by atoms with Gasteiger partial charge in [0.25, 0.3) is 0 Å². The summed E-state index contributed by atoms with van der Waals surface area (Å²) in [5.41, 5.74) is 0. The summed E-state index contributed by atoms with van der Waals surface area (Å²) in [6.45, 7) is 3.93. The van der Waals surface area contributed by atoms with E-state index in [-0.39, 0.29) is 25.2 Å². The number of ether oxygens (including phenoxy) is 2. The van der Waals surface area contributed by atoms with Crippen molar-refractivity contribution in [2.45, 2.75) is 328 Å². The number of unbranched alkanes of at least 4 members (excludes halogenated alkanes) is 31. The lowest BCUT2D eigenvalue weighted by atomic mass is 10.0. The van der Waals surface area contributed by atoms with Crippen molar-refractivity contribution >= 4 is 11.9 Å². The number of allylic oxidation sites excluding steroid dienone is 26. The quantitative estimate of drug-likeness (QED) is 0.0373. The average molecular weight is 1190 g/mol. The first-order chi connectivity index (χ1) is 42.6. The van der Waals surface area contributed by atoms with E-state index in [4.69, 9.17) is 9.47 Å². The molecule has 0 aromatic rings. The van der Waals surface area contributed by atoms with Gasteiger partial charge in [-0.3, -0.25) is 9.59 Å². The second-order valence-electron chi connectivity index (χ2n) is 23.6. The average Bonchev–Trinajstić information content (AvgIpc) is 3.55. The highest BCUT2D eigenvalue weighted by atomic mass is 16.6. The van der Waals surface area contributed by atoms with Crippen LogP contribution in [0.1, 0.15) is 322 Å². The Morgan fingerprint density at radius 1 is 0.267 bits per heavy atom. The van der Waals surface area contributed by atoms with Crippen LogP contribution in [-0.4, -0.2) is 36.4 Å². The second kappa shape index (κ2) is 74.8. The molecule has 0 heterocycles. The minimum atomic E-state index is -0.783. The van der Waals surface area contributed by atoms with E-state index in [1.165, 1.54) is 173 Å². The van der Waals surface area contributed by atoms with Crippen molar-refractivity contribution in [3.8, 4) is 0 Å². The molecule has 0 aliphatic heterocycles. The zero-order chi connectivity index (χ0) is 61.9. The molecule has 5 nitrogen and oxygen atoms in total. The van der Waals surface area contributed by atoms with Crippen LogP contribution < -0.4 is 0 Å². The molecule has 1 atom stereocenters. The SMILES string of the molecule is CC/C=C\C/C=C\C/C=C\C/C=C\C/C=C\C/C=C\C/C=C\CCCCCCCCCCCCCC(=O)OC(CO)COC(=O)CCCCCCCCCCCCCCCCCCCCCC/C=C\C/C=C\C/C=C\C/C=C\C/C=C\C/C=C\CC. The molecule has 488 valence electrons. The van der Waals surface area contributed by atoms with Crippen LogP contribution in [0.25, 0.3) is 0 Å². The number of hydrogen-bond donors (Lipinski definition) is 1. The standard InChI is InChI=1S/C81H134O5/c1-3-5-7-9-11-13-15-17-19-21-23-25-27-29-31-33-35-37-38-39-40-41-42-44-45-47-49-51-53-55-57-59-61-63-65-67-69-71-73-75-80(83)85-78-79(77-82)86-81(84)76-74-72-70-68-66-64-62-60-58-56-54-52-50-48-46-43-36-34-32-30-28-26-24-22-20-18-16-14-12-10-8-6-4-2/h5-8,11-14,17-20,23-26,29-32,35-37,43,48,50,79,82H,3-4,9-10,15-16,21-22,27-28,33-34,38-42,44-47,49,51-78H2,1-2H3/b7-5-,8-6-,13-11-,14-12-,19-17-,20-18-,25-23-,26-24-,31-29-,32-30-,37-35-,43-36-,50-48-. The molecule has 0 aromatic heterocycles. The Morgan fingerprint density at radius 3 is 0.698 bits per heavy atom. The van der Waals surface area contributed by atoms with Gasteiger partial charge in [-0.05, 0) is 122 Å². The van der Waals surface area contributed by atoms with Gasteiger partial charge in [0.15, 0.2) is 6.10 Å². The van der Waals surface area contributed by atoms with Crippen LogP contribution in [0.4, 0.5) is 0 Å². The van der Waals surface area contributed by atoms with Crippen LogP contribution in [0, 0.1) is 0 Å². The van der Waals surface area contributed by atoms with Gasteiger partial charge >= 0.3 is 11.9 Å². The van der Waals surface area contributed by atoms with Crippen LogP contribution in [0.3, 0.4) is 0 Å². The van der Waals surface area contributed by atoms with Crippen molar-refractivity contribution in [1.82, 2.24) is 0 Å². The maximum atomic E-state index is 12.4. The molecule has 0 bridgehead atoms. The summed E-state index contributed by atoms with van der Waals surface area (Å²) >= 11 is 0. The normalized spacial score (nSPS) is 13.2. The smallest absolute Gasteiger partial charge is 0.306 e. The number of aliphatic hydroxyl groups excluding tert-OH is 1. The van der Waals surface area contributed by atoms with E-state index < -0.39 is 6.10 Å². The first-order valence-corrected chi connectivity index (χ1v) is 36.0. The number of carbonyl (C=O) groups is 2. The van der Waals surface area contributed by atoms with Gasteiger partial charge in [0.2, 0.25) is 0 Å². The third kappa shape index (κ3) is 72.0. The summed E-state index contributed by atoms with van der Waals surface area (Å²) in [6, 6.07) is 0. The summed E-state index contributed by atoms with van der Waals surface area (Å²) in [5.74, 6) is -0.590. The fraction of sp³-hybridized carbons (Fsp3) is 0.654. The summed E-state index contributed by atoms with van der Waals surface area (Å²) < 4.78 is 10.8. The molecule has 0 saturated carbocycles. The zero-order valence-corrected chi connectivity index (χ0v) is 56.0. The lowest BCUT2D eigenvalue weighted by Crippen LogP contribution is -2.28. The Morgan fingerprint density at radius 2 is 0.465 bits per heavy atom. The van der Waals surface area contributed by atoms with Gasteiger partial charge < -0.3 is 14.6 Å². The van der Waals surface area contributed by atoms with Gasteiger partial charge in [-0.2, -0.15) is 0 Å². The molecule has 0 amide bonds. The molecule has 0 aliphatic rings. The lowest BCUT2D eigenvalue weighted by Gasteiger charge is -2.15. The fourth-order valence-electron chi connectivity index (χ4n) is 10.0. The van der Waals surface area contributed by atoms with Gasteiger partial charge in [-0.1, -0.05) is 345 Å². The second-order valence-corrected chi connectivity index (χ2v) is 23.6. The van der Waals surface area contributed by atoms with Crippen LogP contribution in [0.15, 0.2) is 158 Å². The Kier molecular flexibility index (Phi) is 70.9. The number of esters is 2. The van der Waals surface area contributed by atoms with Gasteiger partial charge in [-0.25, -0.2) is 0 Å². The van der Waals surface area contributed by atoms with Crippen molar-refractivity contribution < 1.29 is 24.2 Å². The third-order valence-corrected chi connectivity index (χ3v) is 15.3. The molecule has 0 saturated heterocycles. The van der Waals surface area contributed by atoms with E-state index in [9.17, 15) is 14.7 Å². The highest BCUT2D eigenvalue weighted by Crippen LogP contribution is 2.17. The first-order valence-electron chi connectivity index (χ1n) is 36.0. The molecule has 5 heteroatoms. The Balaban J connectivity index is 3.49. The summed E-state index contributed by atoms with van der Waals surface area (Å²) in [4.78, 5) is 24.7. The van der Waals surface area contributed by atoms with E-state index >= 15 is 0 Å². The number of carbonyl (C=O) groups excluding carboxylic acids is 2. The van der Waals surface area contributed by atoms with Crippen LogP contribution in [0.5, 0.6) is 0 Å². The van der Waals surface area contributed by atoms with E-state index in [1.807, 2.05) is 0 Å². The topological polar surface area (TPSA) is 72.8 Å². The van der Waals surface area contributed by atoms with Crippen molar-refractivity contribution in [3.63, 3.8) is 0 Å². The summed E-state index contributed by atoms with van der Waals surface area (Å²) in [5, 5.41) is 9.71. The molecule has 86 heavy (non-hydrogen) atoms. The maximum absolute atomic E-state index is 12.4. The molecular formula is C81H134O5. The van der Waals surface area contributed by atoms with E-state index in [0.29, 0.717) is 12.8 Å². The molecule has 0 rings (SSSR count). The summed E-state index contributed by atoms with van der Waals surface area (Å²) in [7, 11) is 0. The predicted octanol–water partition coefficient (Wildman–Crippen LogP) is 25.4. The molecule has 0 fully saturated rings. The van der Waals surface area contributed by atoms with Gasteiger partial charge in [0.1, 0.15) is 6.61 Å². The Labute approximate surface area is 532 Å².